The predicted octanol–water partition coefficient (Wildman–Crippen LogP) is 2.84. The molecule has 1 saturated carbocycles. The lowest BCUT2D eigenvalue weighted by Crippen LogP contribution is -2.29. The molecule has 6 heteroatoms. The van der Waals surface area contributed by atoms with Crippen molar-refractivity contribution in [3.05, 3.63) is 36.5 Å². The maximum atomic E-state index is 11.1. The fourth-order valence-electron chi connectivity index (χ4n) is 3.87. The van der Waals surface area contributed by atoms with Gasteiger partial charge in [0.05, 0.1) is 11.8 Å². The molecule has 1 saturated heterocycles. The third-order valence-electron chi connectivity index (χ3n) is 4.94. The number of nitrogens with zero attached hydrogens (tertiary/aromatic N) is 2. The van der Waals surface area contributed by atoms with E-state index in [1.165, 1.54) is 4.90 Å². The fourth-order valence-corrected chi connectivity index (χ4v) is 3.87. The number of H-pyrrole nitrogens is 1. The van der Waals surface area contributed by atoms with Crippen LogP contribution in [0.25, 0.3) is 11.3 Å². The molecular weight excluding hydrogens is 294 g/mol. The summed E-state index contributed by atoms with van der Waals surface area (Å²) in [5.41, 5.74) is 1.86. The van der Waals surface area contributed by atoms with E-state index in [1.807, 2.05) is 30.3 Å². The maximum Gasteiger partial charge on any atom is 0.407 e. The molecule has 2 aliphatic rings. The largest absolute Gasteiger partial charge is 0.490 e. The molecule has 0 radical (unpaired) electrons. The van der Waals surface area contributed by atoms with Crippen molar-refractivity contribution in [3.8, 4) is 17.0 Å². The molecule has 3 atom stereocenters. The second-order valence-corrected chi connectivity index (χ2v) is 6.37. The lowest BCUT2D eigenvalue weighted by Gasteiger charge is -2.19. The zero-order valence-corrected chi connectivity index (χ0v) is 12.7. The topological polar surface area (TPSA) is 78.5 Å². The zero-order valence-electron chi connectivity index (χ0n) is 12.7. The fraction of sp³-hybridized carbons (Fsp3) is 0.412. The summed E-state index contributed by atoms with van der Waals surface area (Å²) in [5.74, 6) is 1.70. The quantitative estimate of drug-likeness (QED) is 0.913. The van der Waals surface area contributed by atoms with E-state index in [1.54, 1.807) is 6.20 Å². The number of benzene rings is 1. The summed E-state index contributed by atoms with van der Waals surface area (Å²) in [7, 11) is 0. The highest BCUT2D eigenvalue weighted by atomic mass is 16.5. The van der Waals surface area contributed by atoms with Gasteiger partial charge in [0.25, 0.3) is 0 Å². The molecule has 2 heterocycles. The number of hydrogen-bond donors (Lipinski definition) is 2. The van der Waals surface area contributed by atoms with Crippen molar-refractivity contribution in [3.63, 3.8) is 0 Å². The molecule has 2 aromatic rings. The Morgan fingerprint density at radius 2 is 1.96 bits per heavy atom. The van der Waals surface area contributed by atoms with Crippen molar-refractivity contribution < 1.29 is 14.6 Å². The number of carbonyl (C=O) groups is 1. The first kappa shape index (κ1) is 14.1. The number of aromatic nitrogens is 2. The average molecular weight is 313 g/mol. The van der Waals surface area contributed by atoms with Gasteiger partial charge in [-0.2, -0.15) is 5.10 Å². The summed E-state index contributed by atoms with van der Waals surface area (Å²) in [6.07, 6.45) is 2.99. The van der Waals surface area contributed by atoms with Crippen LogP contribution in [0.15, 0.2) is 36.5 Å². The molecule has 0 spiro atoms. The van der Waals surface area contributed by atoms with E-state index < -0.39 is 6.09 Å². The number of likely N-dealkylation sites (tertiary alicyclic amines) is 1. The number of carboxylic acid groups (broad SMARTS) is 1. The van der Waals surface area contributed by atoms with E-state index in [-0.39, 0.29) is 6.10 Å². The Hall–Kier alpha value is -2.50. The molecule has 6 nitrogen and oxygen atoms in total. The van der Waals surface area contributed by atoms with Crippen LogP contribution in [0.3, 0.4) is 0 Å². The Bertz CT molecular complexity index is 687. The average Bonchev–Trinajstić information content (AvgIpc) is 3.23. The summed E-state index contributed by atoms with van der Waals surface area (Å²) in [4.78, 5) is 12.6. The van der Waals surface area contributed by atoms with Crippen LogP contribution in [-0.2, 0) is 0 Å². The van der Waals surface area contributed by atoms with Gasteiger partial charge in [0.2, 0.25) is 0 Å². The van der Waals surface area contributed by atoms with Gasteiger partial charge in [0.1, 0.15) is 5.75 Å². The summed E-state index contributed by atoms with van der Waals surface area (Å²) >= 11 is 0. The molecule has 1 aromatic heterocycles. The second kappa shape index (κ2) is 5.61. The van der Waals surface area contributed by atoms with Gasteiger partial charge in [-0.3, -0.25) is 5.10 Å². The number of aromatic amines is 1. The highest BCUT2D eigenvalue weighted by Crippen LogP contribution is 2.41. The lowest BCUT2D eigenvalue weighted by atomic mass is 10.0. The van der Waals surface area contributed by atoms with E-state index >= 15 is 0 Å². The summed E-state index contributed by atoms with van der Waals surface area (Å²) in [6.45, 7) is 1.28. The van der Waals surface area contributed by atoms with Gasteiger partial charge in [0, 0.05) is 24.8 Å². The van der Waals surface area contributed by atoms with Crippen molar-refractivity contribution >= 4 is 6.09 Å². The molecule has 0 bridgehead atoms. The number of para-hydroxylation sites is 1. The molecular formula is C17H19N3O3. The monoisotopic (exact) mass is 313 g/mol. The highest BCUT2D eigenvalue weighted by molar-refractivity contribution is 5.66. The number of fused-ring (bicyclic) bond motifs is 1. The maximum absolute atomic E-state index is 11.1. The molecule has 1 amide bonds. The summed E-state index contributed by atoms with van der Waals surface area (Å²) < 4.78 is 6.24. The molecule has 4 rings (SSSR count). The van der Waals surface area contributed by atoms with E-state index in [4.69, 9.17) is 9.84 Å². The first-order chi connectivity index (χ1) is 11.2. The molecule has 23 heavy (non-hydrogen) atoms. The molecule has 2 N–H and O–H groups in total. The normalized spacial score (nSPS) is 26.3. The van der Waals surface area contributed by atoms with Crippen LogP contribution in [0.1, 0.15) is 12.8 Å². The smallest absolute Gasteiger partial charge is 0.407 e. The number of nitrogens with one attached hydrogen (secondary N) is 1. The minimum Gasteiger partial charge on any atom is -0.490 e. The number of hydrogen-bond acceptors (Lipinski definition) is 3. The van der Waals surface area contributed by atoms with E-state index in [0.29, 0.717) is 24.9 Å². The second-order valence-electron chi connectivity index (χ2n) is 6.37. The first-order valence-corrected chi connectivity index (χ1v) is 7.94. The number of ether oxygens (including phenoxy) is 1. The van der Waals surface area contributed by atoms with Crippen molar-refractivity contribution in [1.82, 2.24) is 15.1 Å². The van der Waals surface area contributed by atoms with Gasteiger partial charge in [-0.25, -0.2) is 4.79 Å². The molecule has 1 aliphatic carbocycles. The minimum absolute atomic E-state index is 0.154. The van der Waals surface area contributed by atoms with Crippen LogP contribution in [0.4, 0.5) is 4.79 Å². The van der Waals surface area contributed by atoms with E-state index in [0.717, 1.165) is 29.8 Å². The first-order valence-electron chi connectivity index (χ1n) is 7.94. The standard InChI is InChI=1S/C17H19N3O3/c21-17(22)20-9-11-7-13(8-12(11)10-20)23-16-4-2-1-3-14(16)15-5-6-18-19-15/h1-6,11-13H,7-10H2,(H,18,19)(H,21,22)/t11-,12+,13+. The highest BCUT2D eigenvalue weighted by Gasteiger charge is 2.43. The van der Waals surface area contributed by atoms with Crippen molar-refractivity contribution in [2.45, 2.75) is 18.9 Å². The summed E-state index contributed by atoms with van der Waals surface area (Å²) in [5, 5.41) is 16.2. The number of amides is 1. The van der Waals surface area contributed by atoms with Gasteiger partial charge in [-0.1, -0.05) is 12.1 Å². The third-order valence-corrected chi connectivity index (χ3v) is 4.94. The molecule has 0 unspecified atom stereocenters. The van der Waals surface area contributed by atoms with Crippen LogP contribution in [0.2, 0.25) is 0 Å². The minimum atomic E-state index is -0.805. The van der Waals surface area contributed by atoms with Crippen LogP contribution < -0.4 is 4.74 Å². The predicted molar refractivity (Wildman–Crippen MR) is 84.3 cm³/mol. The van der Waals surface area contributed by atoms with Crippen LogP contribution >= 0.6 is 0 Å². The van der Waals surface area contributed by atoms with Crippen LogP contribution in [0, 0.1) is 11.8 Å². The van der Waals surface area contributed by atoms with Crippen molar-refractivity contribution in [1.29, 1.82) is 0 Å². The Balaban J connectivity index is 1.46. The molecule has 1 aromatic carbocycles. The van der Waals surface area contributed by atoms with Gasteiger partial charge < -0.3 is 14.7 Å². The molecule has 1 aliphatic heterocycles. The number of rotatable bonds is 3. The van der Waals surface area contributed by atoms with E-state index in [9.17, 15) is 4.79 Å². The van der Waals surface area contributed by atoms with E-state index in [2.05, 4.69) is 10.2 Å². The van der Waals surface area contributed by atoms with Gasteiger partial charge in [-0.05, 0) is 42.9 Å². The Kier molecular flexibility index (Phi) is 3.44. The van der Waals surface area contributed by atoms with Gasteiger partial charge in [-0.15, -0.1) is 0 Å². The van der Waals surface area contributed by atoms with Crippen LogP contribution in [-0.4, -0.2) is 45.5 Å². The van der Waals surface area contributed by atoms with Crippen LogP contribution in [0.5, 0.6) is 5.75 Å². The van der Waals surface area contributed by atoms with Gasteiger partial charge >= 0.3 is 6.09 Å². The Labute approximate surface area is 134 Å². The SMILES string of the molecule is O=C(O)N1C[C@H]2C[C@H](Oc3ccccc3-c3cc[nH]n3)C[C@H]2C1. The van der Waals surface area contributed by atoms with Crippen molar-refractivity contribution in [2.75, 3.05) is 13.1 Å². The summed E-state index contributed by atoms with van der Waals surface area (Å²) in [6, 6.07) is 9.85. The Morgan fingerprint density at radius 3 is 2.61 bits per heavy atom. The molecule has 2 fully saturated rings. The Morgan fingerprint density at radius 1 is 1.22 bits per heavy atom. The van der Waals surface area contributed by atoms with Crippen molar-refractivity contribution in [2.24, 2.45) is 11.8 Å². The third kappa shape index (κ3) is 2.65. The van der Waals surface area contributed by atoms with Gasteiger partial charge in [0.15, 0.2) is 0 Å². The molecule has 120 valence electrons. The zero-order chi connectivity index (χ0) is 15.8. The lowest BCUT2D eigenvalue weighted by molar-refractivity contribution is 0.144.